The van der Waals surface area contributed by atoms with Gasteiger partial charge in [-0.05, 0) is 41.1 Å². The number of amides is 1. The lowest BCUT2D eigenvalue weighted by molar-refractivity contribution is -0.126. The van der Waals surface area contributed by atoms with Crippen LogP contribution in [0.5, 0.6) is 0 Å². The predicted octanol–water partition coefficient (Wildman–Crippen LogP) is 3.34. The fourth-order valence-electron chi connectivity index (χ4n) is 2.16. The van der Waals surface area contributed by atoms with Crippen LogP contribution >= 0.6 is 15.9 Å². The average Bonchev–Trinajstić information content (AvgIpc) is 2.62. The van der Waals surface area contributed by atoms with Crippen LogP contribution < -0.4 is 4.90 Å². The molecule has 1 atom stereocenters. The SMILES string of the molecule is CC(OC(=O)c1cncc(Br)c1)C(=O)N(CCC#N)c1ccccc1. The molecule has 1 unspecified atom stereocenters. The fraction of sp³-hybridized carbons (Fsp3) is 0.222. The largest absolute Gasteiger partial charge is 0.449 e. The van der Waals surface area contributed by atoms with Crippen molar-refractivity contribution in [2.75, 3.05) is 11.4 Å². The fourth-order valence-corrected chi connectivity index (χ4v) is 2.52. The van der Waals surface area contributed by atoms with Crippen LogP contribution in [-0.2, 0) is 9.53 Å². The molecule has 0 saturated heterocycles. The predicted molar refractivity (Wildman–Crippen MR) is 95.8 cm³/mol. The van der Waals surface area contributed by atoms with Crippen LogP contribution in [0.15, 0.2) is 53.3 Å². The summed E-state index contributed by atoms with van der Waals surface area (Å²) in [5.74, 6) is -1.03. The number of halogens is 1. The highest BCUT2D eigenvalue weighted by molar-refractivity contribution is 9.10. The number of rotatable bonds is 6. The normalized spacial score (nSPS) is 11.2. The highest BCUT2D eigenvalue weighted by Crippen LogP contribution is 2.17. The Balaban J connectivity index is 2.12. The van der Waals surface area contributed by atoms with Crippen molar-refractivity contribution in [3.8, 4) is 6.07 Å². The zero-order valence-corrected chi connectivity index (χ0v) is 15.1. The average molecular weight is 402 g/mol. The van der Waals surface area contributed by atoms with Gasteiger partial charge in [0.05, 0.1) is 18.1 Å². The quantitative estimate of drug-likeness (QED) is 0.693. The molecule has 0 saturated carbocycles. The van der Waals surface area contributed by atoms with E-state index in [9.17, 15) is 9.59 Å². The third-order valence-electron chi connectivity index (χ3n) is 3.35. The van der Waals surface area contributed by atoms with Gasteiger partial charge in [0.25, 0.3) is 5.91 Å². The summed E-state index contributed by atoms with van der Waals surface area (Å²) in [5, 5.41) is 8.82. The van der Waals surface area contributed by atoms with Crippen molar-refractivity contribution in [3.63, 3.8) is 0 Å². The molecule has 1 aromatic heterocycles. The maximum absolute atomic E-state index is 12.7. The third-order valence-corrected chi connectivity index (χ3v) is 3.79. The number of hydrogen-bond acceptors (Lipinski definition) is 5. The highest BCUT2D eigenvalue weighted by atomic mass is 79.9. The van der Waals surface area contributed by atoms with Gasteiger partial charge in [-0.1, -0.05) is 18.2 Å². The summed E-state index contributed by atoms with van der Waals surface area (Å²) in [5.41, 5.74) is 0.895. The lowest BCUT2D eigenvalue weighted by Gasteiger charge is -2.25. The maximum atomic E-state index is 12.7. The molecular formula is C18H16BrN3O3. The number of hydrogen-bond donors (Lipinski definition) is 0. The Bertz CT molecular complexity index is 790. The Kier molecular flexibility index (Phi) is 6.66. The van der Waals surface area contributed by atoms with Gasteiger partial charge in [0.15, 0.2) is 6.10 Å². The van der Waals surface area contributed by atoms with Gasteiger partial charge < -0.3 is 9.64 Å². The zero-order valence-electron chi connectivity index (χ0n) is 13.6. The molecule has 0 fully saturated rings. The minimum absolute atomic E-state index is 0.177. The molecule has 2 rings (SSSR count). The number of ether oxygens (including phenoxy) is 1. The van der Waals surface area contributed by atoms with Crippen molar-refractivity contribution in [3.05, 3.63) is 58.8 Å². The van der Waals surface area contributed by atoms with Crippen molar-refractivity contribution < 1.29 is 14.3 Å². The summed E-state index contributed by atoms with van der Waals surface area (Å²) >= 11 is 3.23. The number of carbonyl (C=O) groups excluding carboxylic acids is 2. The minimum atomic E-state index is -0.995. The molecule has 7 heteroatoms. The Labute approximate surface area is 154 Å². The lowest BCUT2D eigenvalue weighted by Crippen LogP contribution is -2.40. The van der Waals surface area contributed by atoms with Gasteiger partial charge in [0.2, 0.25) is 0 Å². The molecule has 2 aromatic rings. The van der Waals surface area contributed by atoms with E-state index in [1.165, 1.54) is 18.0 Å². The number of nitrogens with zero attached hydrogens (tertiary/aromatic N) is 3. The molecule has 25 heavy (non-hydrogen) atoms. The van der Waals surface area contributed by atoms with Crippen molar-refractivity contribution >= 4 is 33.5 Å². The first kappa shape index (κ1) is 18.6. The molecule has 0 aliphatic heterocycles. The van der Waals surface area contributed by atoms with E-state index in [0.29, 0.717) is 10.2 Å². The van der Waals surface area contributed by atoms with Gasteiger partial charge in [-0.2, -0.15) is 5.26 Å². The van der Waals surface area contributed by atoms with Crippen LogP contribution in [0.4, 0.5) is 5.69 Å². The second-order valence-electron chi connectivity index (χ2n) is 5.17. The number of benzene rings is 1. The number of pyridine rings is 1. The van der Waals surface area contributed by atoms with Gasteiger partial charge in [0, 0.05) is 29.1 Å². The summed E-state index contributed by atoms with van der Waals surface area (Å²) in [6.07, 6.45) is 2.10. The van der Waals surface area contributed by atoms with Crippen LogP contribution in [0.3, 0.4) is 0 Å². The van der Waals surface area contributed by atoms with Crippen LogP contribution in [0.1, 0.15) is 23.7 Å². The van der Waals surface area contributed by atoms with Gasteiger partial charge in [-0.3, -0.25) is 9.78 Å². The van der Waals surface area contributed by atoms with Crippen LogP contribution in [0.25, 0.3) is 0 Å². The number of esters is 1. The molecule has 0 N–H and O–H groups in total. The topological polar surface area (TPSA) is 83.3 Å². The molecule has 128 valence electrons. The smallest absolute Gasteiger partial charge is 0.340 e. The number of carbonyl (C=O) groups is 2. The second kappa shape index (κ2) is 8.94. The van der Waals surface area contributed by atoms with E-state index >= 15 is 0 Å². The van der Waals surface area contributed by atoms with E-state index in [1.807, 2.05) is 12.1 Å². The molecule has 0 aliphatic rings. The van der Waals surface area contributed by atoms with Gasteiger partial charge in [-0.15, -0.1) is 0 Å². The number of anilines is 1. The van der Waals surface area contributed by atoms with Gasteiger partial charge in [-0.25, -0.2) is 4.79 Å². The van der Waals surface area contributed by atoms with E-state index < -0.39 is 18.0 Å². The molecule has 0 radical (unpaired) electrons. The highest BCUT2D eigenvalue weighted by Gasteiger charge is 2.25. The Morgan fingerprint density at radius 1 is 1.32 bits per heavy atom. The molecule has 0 aliphatic carbocycles. The van der Waals surface area contributed by atoms with Crippen molar-refractivity contribution in [1.82, 2.24) is 4.98 Å². The Morgan fingerprint density at radius 3 is 2.68 bits per heavy atom. The second-order valence-corrected chi connectivity index (χ2v) is 6.09. The Morgan fingerprint density at radius 2 is 2.04 bits per heavy atom. The van der Waals surface area contributed by atoms with Crippen molar-refractivity contribution in [2.45, 2.75) is 19.4 Å². The first-order valence-corrected chi connectivity index (χ1v) is 8.37. The molecule has 0 bridgehead atoms. The number of nitriles is 1. The minimum Gasteiger partial charge on any atom is -0.449 e. The number of para-hydroxylation sites is 1. The van der Waals surface area contributed by atoms with Crippen molar-refractivity contribution in [1.29, 1.82) is 5.26 Å². The molecule has 1 aromatic carbocycles. The molecule has 0 spiro atoms. The summed E-state index contributed by atoms with van der Waals surface area (Å²) in [6.45, 7) is 1.73. The summed E-state index contributed by atoms with van der Waals surface area (Å²) in [4.78, 5) is 30.2. The van der Waals surface area contributed by atoms with Crippen LogP contribution in [0, 0.1) is 11.3 Å². The zero-order chi connectivity index (χ0) is 18.2. The van der Waals surface area contributed by atoms with Crippen molar-refractivity contribution in [2.24, 2.45) is 0 Å². The summed E-state index contributed by atoms with van der Waals surface area (Å²) in [7, 11) is 0. The van der Waals surface area contributed by atoms with E-state index in [2.05, 4.69) is 20.9 Å². The monoisotopic (exact) mass is 401 g/mol. The molecular weight excluding hydrogens is 386 g/mol. The molecule has 1 amide bonds. The number of aromatic nitrogens is 1. The summed E-state index contributed by atoms with van der Waals surface area (Å²) < 4.78 is 5.90. The summed E-state index contributed by atoms with van der Waals surface area (Å²) in [6, 6.07) is 12.5. The van der Waals surface area contributed by atoms with Gasteiger partial charge in [0.1, 0.15) is 0 Å². The molecule has 6 nitrogen and oxygen atoms in total. The Hall–Kier alpha value is -2.72. The van der Waals surface area contributed by atoms with Crippen LogP contribution in [-0.4, -0.2) is 29.5 Å². The van der Waals surface area contributed by atoms with E-state index in [0.717, 1.165) is 0 Å². The third kappa shape index (κ3) is 5.13. The van der Waals surface area contributed by atoms with E-state index in [1.54, 1.807) is 36.5 Å². The maximum Gasteiger partial charge on any atom is 0.340 e. The van der Waals surface area contributed by atoms with E-state index in [4.69, 9.17) is 10.00 Å². The first-order chi connectivity index (χ1) is 12.0. The first-order valence-electron chi connectivity index (χ1n) is 7.58. The van der Waals surface area contributed by atoms with Crippen LogP contribution in [0.2, 0.25) is 0 Å². The van der Waals surface area contributed by atoms with E-state index in [-0.39, 0.29) is 18.5 Å². The van der Waals surface area contributed by atoms with Gasteiger partial charge >= 0.3 is 5.97 Å². The molecule has 1 heterocycles. The lowest BCUT2D eigenvalue weighted by atomic mass is 10.2. The standard InChI is InChI=1S/C18H16BrN3O3/c1-13(25-18(24)14-10-15(19)12-21-11-14)17(23)22(9-5-8-20)16-6-3-2-4-7-16/h2-4,6-7,10-13H,5,9H2,1H3.